The second kappa shape index (κ2) is 11.7. The van der Waals surface area contributed by atoms with E-state index >= 15 is 0 Å². The molecule has 9 heteroatoms. The van der Waals surface area contributed by atoms with Crippen molar-refractivity contribution in [3.8, 4) is 5.75 Å². The molecule has 1 amide bonds. The van der Waals surface area contributed by atoms with Crippen molar-refractivity contribution in [1.82, 2.24) is 14.6 Å². The third-order valence-electron chi connectivity index (χ3n) is 5.82. The molecule has 0 aliphatic carbocycles. The Bertz CT molecular complexity index is 1010. The van der Waals surface area contributed by atoms with Gasteiger partial charge in [0, 0.05) is 45.3 Å². The average molecular weight is 489 g/mol. The lowest BCUT2D eigenvalue weighted by atomic mass is 9.87. The maximum absolute atomic E-state index is 12.6. The molecule has 0 unspecified atom stereocenters. The Morgan fingerprint density at radius 1 is 1.06 bits per heavy atom. The van der Waals surface area contributed by atoms with E-state index in [0.29, 0.717) is 45.6 Å². The summed E-state index contributed by atoms with van der Waals surface area (Å²) in [6, 6.07) is 13.7. The number of ether oxygens (including phenoxy) is 1. The van der Waals surface area contributed by atoms with Crippen LogP contribution in [0.4, 0.5) is 5.82 Å². The zero-order valence-corrected chi connectivity index (χ0v) is 21.2. The lowest BCUT2D eigenvalue weighted by Crippen LogP contribution is -2.50. The topological polar surface area (TPSA) is 91.8 Å². The van der Waals surface area contributed by atoms with Gasteiger partial charge in [0.2, 0.25) is 15.9 Å². The first-order valence-electron chi connectivity index (χ1n) is 11.8. The second-order valence-electron chi connectivity index (χ2n) is 9.47. The molecule has 8 nitrogen and oxygen atoms in total. The molecular weight excluding hydrogens is 452 g/mol. The number of piperazine rings is 1. The molecule has 1 aliphatic rings. The lowest BCUT2D eigenvalue weighted by Gasteiger charge is -2.34. The van der Waals surface area contributed by atoms with Crippen molar-refractivity contribution in [2.75, 3.05) is 50.0 Å². The first-order chi connectivity index (χ1) is 16.1. The highest BCUT2D eigenvalue weighted by Gasteiger charge is 2.27. The Morgan fingerprint density at radius 3 is 2.38 bits per heavy atom. The summed E-state index contributed by atoms with van der Waals surface area (Å²) >= 11 is 0. The first kappa shape index (κ1) is 26.0. The van der Waals surface area contributed by atoms with E-state index in [2.05, 4.69) is 48.1 Å². The highest BCUT2D eigenvalue weighted by Crippen LogP contribution is 2.24. The fourth-order valence-electron chi connectivity index (χ4n) is 3.75. The van der Waals surface area contributed by atoms with Gasteiger partial charge in [-0.3, -0.25) is 4.79 Å². The number of pyridine rings is 1. The molecule has 0 atom stereocenters. The second-order valence-corrected chi connectivity index (χ2v) is 11.6. The van der Waals surface area contributed by atoms with Crippen LogP contribution in [-0.4, -0.2) is 68.7 Å². The lowest BCUT2D eigenvalue weighted by molar-refractivity contribution is -0.121. The van der Waals surface area contributed by atoms with E-state index in [1.54, 1.807) is 6.20 Å². The molecule has 1 saturated heterocycles. The van der Waals surface area contributed by atoms with Gasteiger partial charge in [-0.25, -0.2) is 13.4 Å². The van der Waals surface area contributed by atoms with E-state index < -0.39 is 10.0 Å². The van der Waals surface area contributed by atoms with Crippen LogP contribution in [0.3, 0.4) is 0 Å². The number of hydrogen-bond acceptors (Lipinski definition) is 6. The Hall–Kier alpha value is -2.65. The molecule has 1 aliphatic heterocycles. The van der Waals surface area contributed by atoms with Crippen LogP contribution in [0, 0.1) is 0 Å². The number of nitrogens with zero attached hydrogens (tertiary/aromatic N) is 3. The summed E-state index contributed by atoms with van der Waals surface area (Å²) in [5, 5.41) is 2.71. The maximum Gasteiger partial charge on any atom is 0.220 e. The van der Waals surface area contributed by atoms with Gasteiger partial charge in [-0.05, 0) is 41.7 Å². The van der Waals surface area contributed by atoms with Crippen LogP contribution < -0.4 is 15.0 Å². The van der Waals surface area contributed by atoms with Crippen molar-refractivity contribution >= 4 is 21.7 Å². The number of carbonyl (C=O) groups is 1. The van der Waals surface area contributed by atoms with Crippen LogP contribution in [0.25, 0.3) is 0 Å². The summed E-state index contributed by atoms with van der Waals surface area (Å²) in [7, 11) is -3.41. The molecule has 1 aromatic heterocycles. The zero-order chi connectivity index (χ0) is 24.6. The Balaban J connectivity index is 1.30. The molecule has 0 saturated carbocycles. The minimum atomic E-state index is -3.41. The molecule has 186 valence electrons. The predicted octanol–water partition coefficient (Wildman–Crippen LogP) is 2.81. The van der Waals surface area contributed by atoms with Gasteiger partial charge in [-0.1, -0.05) is 39.0 Å². The third-order valence-corrected chi connectivity index (χ3v) is 7.70. The molecule has 2 heterocycles. The Morgan fingerprint density at radius 2 is 1.76 bits per heavy atom. The normalized spacial score (nSPS) is 15.2. The fraction of sp³-hybridized carbons (Fsp3) is 0.520. The molecule has 34 heavy (non-hydrogen) atoms. The number of aromatic nitrogens is 1. The molecule has 3 rings (SSSR count). The van der Waals surface area contributed by atoms with E-state index in [9.17, 15) is 13.2 Å². The minimum Gasteiger partial charge on any atom is -0.494 e. The van der Waals surface area contributed by atoms with Crippen molar-refractivity contribution in [1.29, 1.82) is 0 Å². The monoisotopic (exact) mass is 488 g/mol. The smallest absolute Gasteiger partial charge is 0.220 e. The maximum atomic E-state index is 12.6. The zero-order valence-electron chi connectivity index (χ0n) is 20.4. The number of nitrogens with one attached hydrogen (secondary N) is 1. The molecule has 2 aromatic rings. The van der Waals surface area contributed by atoms with Crippen LogP contribution in [0.5, 0.6) is 5.75 Å². The van der Waals surface area contributed by atoms with Crippen molar-refractivity contribution in [2.24, 2.45) is 0 Å². The van der Waals surface area contributed by atoms with Gasteiger partial charge >= 0.3 is 0 Å². The van der Waals surface area contributed by atoms with Gasteiger partial charge in [-0.15, -0.1) is 0 Å². The highest BCUT2D eigenvalue weighted by molar-refractivity contribution is 7.89. The summed E-state index contributed by atoms with van der Waals surface area (Å²) in [5.74, 6) is 1.38. The first-order valence-corrected chi connectivity index (χ1v) is 13.4. The van der Waals surface area contributed by atoms with Crippen LogP contribution >= 0.6 is 0 Å². The quantitative estimate of drug-likeness (QED) is 0.517. The fourth-order valence-corrected chi connectivity index (χ4v) is 5.08. The summed E-state index contributed by atoms with van der Waals surface area (Å²) in [6.45, 7) is 9.06. The van der Waals surface area contributed by atoms with E-state index in [0.717, 1.165) is 11.6 Å². The Kier molecular flexibility index (Phi) is 8.90. The van der Waals surface area contributed by atoms with Crippen LogP contribution in [-0.2, 0) is 20.2 Å². The van der Waals surface area contributed by atoms with Gasteiger partial charge in [0.1, 0.15) is 11.6 Å². The minimum absolute atomic E-state index is 0.0953. The van der Waals surface area contributed by atoms with Crippen LogP contribution in [0.15, 0.2) is 48.7 Å². The number of anilines is 1. The molecule has 0 spiro atoms. The largest absolute Gasteiger partial charge is 0.494 e. The van der Waals surface area contributed by atoms with E-state index in [4.69, 9.17) is 4.74 Å². The molecule has 0 bridgehead atoms. The van der Waals surface area contributed by atoms with E-state index in [1.807, 2.05) is 30.3 Å². The van der Waals surface area contributed by atoms with Crippen molar-refractivity contribution < 1.29 is 17.9 Å². The SMILES string of the molecule is CC(C)(C)c1ccc(OCCCC(=O)NCCS(=O)(=O)N2CCN(c3ccccn3)CC2)cc1. The Labute approximate surface area is 203 Å². The van der Waals surface area contributed by atoms with E-state index in [-0.39, 0.29) is 23.6 Å². The van der Waals surface area contributed by atoms with Gasteiger partial charge in [0.15, 0.2) is 0 Å². The van der Waals surface area contributed by atoms with Gasteiger partial charge < -0.3 is 15.0 Å². The van der Waals surface area contributed by atoms with Crippen LogP contribution in [0.2, 0.25) is 0 Å². The average Bonchev–Trinajstić information content (AvgIpc) is 2.82. The molecular formula is C25H36N4O4S. The van der Waals surface area contributed by atoms with Crippen molar-refractivity contribution in [2.45, 2.75) is 39.0 Å². The van der Waals surface area contributed by atoms with Crippen LogP contribution in [0.1, 0.15) is 39.2 Å². The molecule has 1 aromatic carbocycles. The standard InChI is InChI=1S/C25H36N4O4S/c1-25(2,3)21-9-11-22(12-10-21)33-19-6-8-24(30)27-14-20-34(31,32)29-17-15-28(16-18-29)23-7-4-5-13-26-23/h4-5,7,9-13H,6,8,14-20H2,1-3H3,(H,27,30). The number of sulfonamides is 1. The number of amides is 1. The number of hydrogen-bond donors (Lipinski definition) is 1. The van der Waals surface area contributed by atoms with Crippen molar-refractivity contribution in [3.63, 3.8) is 0 Å². The summed E-state index contributed by atoms with van der Waals surface area (Å²) in [5.41, 5.74) is 1.34. The number of carbonyl (C=O) groups excluding carboxylic acids is 1. The summed E-state index contributed by atoms with van der Waals surface area (Å²) in [6.07, 6.45) is 2.59. The predicted molar refractivity (Wildman–Crippen MR) is 135 cm³/mol. The summed E-state index contributed by atoms with van der Waals surface area (Å²) in [4.78, 5) is 18.5. The van der Waals surface area contributed by atoms with E-state index in [1.165, 1.54) is 9.87 Å². The molecule has 0 radical (unpaired) electrons. The highest BCUT2D eigenvalue weighted by atomic mass is 32.2. The third kappa shape index (κ3) is 7.70. The number of benzene rings is 1. The summed E-state index contributed by atoms with van der Waals surface area (Å²) < 4.78 is 32.5. The van der Waals surface area contributed by atoms with Crippen molar-refractivity contribution in [3.05, 3.63) is 54.2 Å². The van der Waals surface area contributed by atoms with Gasteiger partial charge in [0.25, 0.3) is 0 Å². The van der Waals surface area contributed by atoms with Gasteiger partial charge in [0.05, 0.1) is 12.4 Å². The molecule has 1 fully saturated rings. The van der Waals surface area contributed by atoms with Gasteiger partial charge in [-0.2, -0.15) is 4.31 Å². The number of rotatable bonds is 10. The molecule has 1 N–H and O–H groups in total.